The number of hydrogen-bond donors (Lipinski definition) is 1. The molecule has 2 rings (SSSR count). The lowest BCUT2D eigenvalue weighted by Gasteiger charge is -2.08. The van der Waals surface area contributed by atoms with E-state index in [9.17, 15) is 5.11 Å². The molecular weight excluding hydrogens is 192 g/mol. The summed E-state index contributed by atoms with van der Waals surface area (Å²) in [5.41, 5.74) is 0. The summed E-state index contributed by atoms with van der Waals surface area (Å²) in [5.74, 6) is 0.962. The minimum Gasteiger partial charge on any atom is -0.495 e. The summed E-state index contributed by atoms with van der Waals surface area (Å²) < 4.78 is 10.2. The first-order chi connectivity index (χ1) is 6.27. The zero-order chi connectivity index (χ0) is 9.26. The number of aliphatic hydroxyl groups excluding tert-OH is 1. The van der Waals surface area contributed by atoms with Crippen LogP contribution in [0, 0.1) is 0 Å². The predicted molar refractivity (Wildman–Crippen MR) is 47.3 cm³/mol. The van der Waals surface area contributed by atoms with Crippen LogP contribution in [0.15, 0.2) is 28.4 Å². The van der Waals surface area contributed by atoms with E-state index in [0.29, 0.717) is 18.1 Å². The molecule has 3 nitrogen and oxygen atoms in total. The van der Waals surface area contributed by atoms with Gasteiger partial charge in [-0.3, -0.25) is 0 Å². The van der Waals surface area contributed by atoms with Crippen molar-refractivity contribution in [1.82, 2.24) is 0 Å². The van der Waals surface area contributed by atoms with Gasteiger partial charge in [-0.15, -0.1) is 0 Å². The minimum atomic E-state index is -0.824. The lowest BCUT2D eigenvalue weighted by atomic mass is 10.2. The molecule has 2 heterocycles. The lowest BCUT2D eigenvalue weighted by Crippen LogP contribution is -2.00. The molecule has 1 aromatic heterocycles. The Kier molecular flexibility index (Phi) is 2.29. The van der Waals surface area contributed by atoms with Gasteiger partial charge < -0.3 is 14.3 Å². The quantitative estimate of drug-likeness (QED) is 0.797. The van der Waals surface area contributed by atoms with E-state index in [2.05, 4.69) is 0 Å². The Hall–Kier alpha value is -0.930. The summed E-state index contributed by atoms with van der Waals surface area (Å²) >= 11 is 5.57. The van der Waals surface area contributed by atoms with Crippen molar-refractivity contribution in [2.75, 3.05) is 6.61 Å². The first kappa shape index (κ1) is 8.66. The number of halogens is 1. The molecule has 1 aliphatic heterocycles. The maximum absolute atomic E-state index is 9.69. The normalized spacial score (nSPS) is 18.2. The second-order valence-corrected chi connectivity index (χ2v) is 3.16. The van der Waals surface area contributed by atoms with Crippen molar-refractivity contribution in [2.24, 2.45) is 0 Å². The molecular formula is C9H9ClO3. The fraction of sp³-hybridized carbons (Fsp3) is 0.333. The third-order valence-electron chi connectivity index (χ3n) is 1.87. The van der Waals surface area contributed by atoms with E-state index in [1.54, 1.807) is 12.1 Å². The van der Waals surface area contributed by atoms with Gasteiger partial charge in [-0.2, -0.15) is 0 Å². The van der Waals surface area contributed by atoms with Crippen molar-refractivity contribution in [3.8, 4) is 0 Å². The molecule has 0 spiro atoms. The maximum Gasteiger partial charge on any atom is 0.193 e. The first-order valence-corrected chi connectivity index (χ1v) is 4.41. The molecule has 0 aliphatic carbocycles. The molecule has 1 aromatic rings. The summed E-state index contributed by atoms with van der Waals surface area (Å²) in [5, 5.41) is 9.96. The van der Waals surface area contributed by atoms with Crippen molar-refractivity contribution in [2.45, 2.75) is 12.5 Å². The molecule has 1 aliphatic rings. The third kappa shape index (κ3) is 1.71. The average molecular weight is 201 g/mol. The Morgan fingerprint density at radius 1 is 1.46 bits per heavy atom. The Bertz CT molecular complexity index is 329. The highest BCUT2D eigenvalue weighted by Gasteiger charge is 2.20. The van der Waals surface area contributed by atoms with E-state index in [1.165, 1.54) is 0 Å². The molecule has 0 saturated carbocycles. The number of rotatable bonds is 2. The zero-order valence-corrected chi connectivity index (χ0v) is 7.62. The van der Waals surface area contributed by atoms with Crippen molar-refractivity contribution in [3.05, 3.63) is 34.9 Å². The summed E-state index contributed by atoms with van der Waals surface area (Å²) in [4.78, 5) is 0. The molecule has 0 bridgehead atoms. The van der Waals surface area contributed by atoms with Gasteiger partial charge >= 0.3 is 0 Å². The van der Waals surface area contributed by atoms with Gasteiger partial charge in [0.05, 0.1) is 6.61 Å². The monoisotopic (exact) mass is 200 g/mol. The van der Waals surface area contributed by atoms with Crippen LogP contribution in [0.25, 0.3) is 0 Å². The first-order valence-electron chi connectivity index (χ1n) is 4.03. The molecule has 0 fully saturated rings. The summed E-state index contributed by atoms with van der Waals surface area (Å²) in [6, 6.07) is 3.23. The van der Waals surface area contributed by atoms with Gasteiger partial charge in [0.2, 0.25) is 0 Å². The van der Waals surface area contributed by atoms with Crippen LogP contribution in [-0.4, -0.2) is 11.7 Å². The van der Waals surface area contributed by atoms with E-state index < -0.39 is 6.10 Å². The predicted octanol–water partition coefficient (Wildman–Crippen LogP) is 2.27. The SMILES string of the molecule is OC(C1=CCCO1)c1ccc(Cl)o1. The van der Waals surface area contributed by atoms with Crippen LogP contribution in [0.3, 0.4) is 0 Å². The Morgan fingerprint density at radius 2 is 2.31 bits per heavy atom. The van der Waals surface area contributed by atoms with Crippen LogP contribution in [0.2, 0.25) is 5.22 Å². The van der Waals surface area contributed by atoms with E-state index in [4.69, 9.17) is 20.8 Å². The molecule has 0 radical (unpaired) electrons. The molecule has 0 saturated heterocycles. The van der Waals surface area contributed by atoms with Crippen molar-refractivity contribution >= 4 is 11.6 Å². The Morgan fingerprint density at radius 3 is 2.85 bits per heavy atom. The van der Waals surface area contributed by atoms with Gasteiger partial charge in [0, 0.05) is 6.42 Å². The average Bonchev–Trinajstić information content (AvgIpc) is 2.72. The molecule has 0 amide bonds. The fourth-order valence-electron chi connectivity index (χ4n) is 1.24. The van der Waals surface area contributed by atoms with E-state index in [1.807, 2.05) is 6.08 Å². The number of ether oxygens (including phenoxy) is 1. The molecule has 4 heteroatoms. The van der Waals surface area contributed by atoms with E-state index >= 15 is 0 Å². The molecule has 1 N–H and O–H groups in total. The van der Waals surface area contributed by atoms with Crippen LogP contribution < -0.4 is 0 Å². The number of hydrogen-bond acceptors (Lipinski definition) is 3. The standard InChI is InChI=1S/C9H9ClO3/c10-8-4-3-7(13-8)9(11)6-2-1-5-12-6/h2-4,9,11H,1,5H2. The Labute approximate surface area is 80.6 Å². The molecule has 13 heavy (non-hydrogen) atoms. The number of furan rings is 1. The van der Waals surface area contributed by atoms with Crippen molar-refractivity contribution in [1.29, 1.82) is 0 Å². The largest absolute Gasteiger partial charge is 0.495 e. The van der Waals surface area contributed by atoms with Crippen LogP contribution in [0.4, 0.5) is 0 Å². The second-order valence-electron chi connectivity index (χ2n) is 2.79. The van der Waals surface area contributed by atoms with Gasteiger partial charge in [0.15, 0.2) is 11.3 Å². The highest BCUT2D eigenvalue weighted by molar-refractivity contribution is 6.28. The van der Waals surface area contributed by atoms with E-state index in [-0.39, 0.29) is 5.22 Å². The second kappa shape index (κ2) is 3.44. The smallest absolute Gasteiger partial charge is 0.193 e. The van der Waals surface area contributed by atoms with Crippen LogP contribution in [0.5, 0.6) is 0 Å². The topological polar surface area (TPSA) is 42.6 Å². The lowest BCUT2D eigenvalue weighted by molar-refractivity contribution is 0.103. The zero-order valence-electron chi connectivity index (χ0n) is 6.87. The van der Waals surface area contributed by atoms with Crippen molar-refractivity contribution in [3.63, 3.8) is 0 Å². The molecule has 0 aromatic carbocycles. The molecule has 1 unspecified atom stereocenters. The minimum absolute atomic E-state index is 0.271. The van der Waals surface area contributed by atoms with Crippen molar-refractivity contribution < 1.29 is 14.3 Å². The van der Waals surface area contributed by atoms with Crippen LogP contribution in [-0.2, 0) is 4.74 Å². The van der Waals surface area contributed by atoms with Crippen LogP contribution in [0.1, 0.15) is 18.3 Å². The summed E-state index contributed by atoms with van der Waals surface area (Å²) in [7, 11) is 0. The van der Waals surface area contributed by atoms with Gasteiger partial charge in [-0.1, -0.05) is 0 Å². The van der Waals surface area contributed by atoms with Gasteiger partial charge in [-0.05, 0) is 29.8 Å². The van der Waals surface area contributed by atoms with Gasteiger partial charge in [0.1, 0.15) is 11.5 Å². The van der Waals surface area contributed by atoms with Crippen LogP contribution >= 0.6 is 11.6 Å². The fourth-order valence-corrected chi connectivity index (χ4v) is 1.39. The molecule has 1 atom stereocenters. The maximum atomic E-state index is 9.69. The third-order valence-corrected chi connectivity index (χ3v) is 2.07. The van der Waals surface area contributed by atoms with Gasteiger partial charge in [-0.25, -0.2) is 0 Å². The highest BCUT2D eigenvalue weighted by Crippen LogP contribution is 2.28. The summed E-state index contributed by atoms with van der Waals surface area (Å²) in [6.07, 6.45) is 1.86. The summed E-state index contributed by atoms with van der Waals surface area (Å²) in [6.45, 7) is 0.626. The van der Waals surface area contributed by atoms with E-state index in [0.717, 1.165) is 6.42 Å². The van der Waals surface area contributed by atoms with Gasteiger partial charge in [0.25, 0.3) is 0 Å². The highest BCUT2D eigenvalue weighted by atomic mass is 35.5. The molecule has 70 valence electrons. The number of aliphatic hydroxyl groups is 1. The Balaban J connectivity index is 2.16.